The van der Waals surface area contributed by atoms with E-state index in [2.05, 4.69) is 20.6 Å². The topological polar surface area (TPSA) is 239 Å². The quantitative estimate of drug-likeness (QED) is 0.176. The maximum Gasteiger partial charge on any atom is 0.328 e. The smallest absolute Gasteiger partial charge is 0.328 e. The van der Waals surface area contributed by atoms with Crippen LogP contribution in [0.1, 0.15) is 66.8 Å². The normalized spacial score (nSPS) is 28.2. The highest BCUT2D eigenvalue weighted by atomic mass is 16.4. The summed E-state index contributed by atoms with van der Waals surface area (Å²) < 4.78 is 0. The van der Waals surface area contributed by atoms with Crippen molar-refractivity contribution in [2.45, 2.75) is 65.5 Å². The highest BCUT2D eigenvalue weighted by Crippen LogP contribution is 2.41. The van der Waals surface area contributed by atoms with E-state index in [0.29, 0.717) is 44.3 Å². The highest BCUT2D eigenvalue weighted by Gasteiger charge is 2.53. The SMILES string of the molecule is Cc1c2[nH]c(c1CCC(=O)O)/C=c1\[nH]/c(c(C)c1/C=C/C(=O)O)=C\C1N/C(=C\C3N/C(=C\2)C(=O)[C@]3(C)CC(=O)O)C(=O)[C@]1(C)CC(=O)O. The van der Waals surface area contributed by atoms with Gasteiger partial charge in [-0.2, -0.15) is 0 Å². The van der Waals surface area contributed by atoms with Crippen LogP contribution >= 0.6 is 0 Å². The number of aliphatic carboxylic acids is 4. The molecule has 3 aliphatic rings. The third kappa shape index (κ3) is 5.96. The van der Waals surface area contributed by atoms with Crippen molar-refractivity contribution < 1.29 is 49.2 Å². The van der Waals surface area contributed by atoms with Crippen molar-refractivity contribution in [2.24, 2.45) is 10.8 Å². The van der Waals surface area contributed by atoms with E-state index < -0.39 is 71.2 Å². The van der Waals surface area contributed by atoms with Gasteiger partial charge in [-0.1, -0.05) is 0 Å². The molecule has 5 rings (SSSR count). The van der Waals surface area contributed by atoms with E-state index in [1.54, 1.807) is 26.0 Å². The third-order valence-electron chi connectivity index (χ3n) is 9.60. The van der Waals surface area contributed by atoms with Crippen LogP contribution in [0.3, 0.4) is 0 Å². The molecule has 5 heterocycles. The Balaban J connectivity index is 1.87. The van der Waals surface area contributed by atoms with Gasteiger partial charge in [0.1, 0.15) is 0 Å². The number of rotatable bonds is 9. The summed E-state index contributed by atoms with van der Waals surface area (Å²) in [7, 11) is 0. The Kier molecular flexibility index (Phi) is 8.55. The fourth-order valence-electron chi connectivity index (χ4n) is 6.80. The summed E-state index contributed by atoms with van der Waals surface area (Å²) >= 11 is 0. The van der Waals surface area contributed by atoms with Gasteiger partial charge in [-0.15, -0.1) is 0 Å². The highest BCUT2D eigenvalue weighted by molar-refractivity contribution is 6.08. The van der Waals surface area contributed by atoms with Crippen molar-refractivity contribution in [2.75, 3.05) is 0 Å². The number of carbonyl (C=O) groups is 6. The summed E-state index contributed by atoms with van der Waals surface area (Å²) in [6.45, 7) is 6.50. The summed E-state index contributed by atoms with van der Waals surface area (Å²) in [6.07, 6.45) is 7.50. The summed E-state index contributed by atoms with van der Waals surface area (Å²) in [5.74, 6) is -5.71. The number of carbonyl (C=O) groups excluding carboxylic acids is 2. The predicted molar refractivity (Wildman–Crippen MR) is 172 cm³/mol. The van der Waals surface area contributed by atoms with Gasteiger partial charge in [0, 0.05) is 40.1 Å². The first kappa shape index (κ1) is 33.7. The average molecular weight is 661 g/mol. The van der Waals surface area contributed by atoms with Gasteiger partial charge in [-0.05, 0) is 81.2 Å². The molecule has 0 radical (unpaired) electrons. The standard InChI is InChI=1S/C34H36N4O10/c1-15-17(5-7-27(39)40)21-10-22-18(6-8-28(41)42)16(2)20(36-22)11-25-33(3,13-29(43)44)32(48)24(38-25)12-26-34(4,14-30(45)46)31(47)23(37-26)9-19(15)35-21/h6,8-12,25-26,35-38H,5,7,13-14H2,1-4H3,(H,39,40)(H,41,42)(H,43,44)(H,45,46)/b8-6+,20-11-,22-10-,23-9-,24-12-/t25?,26?,33-,34-/m1/s1. The number of aromatic nitrogens is 2. The molecule has 252 valence electrons. The molecular weight excluding hydrogens is 624 g/mol. The lowest BCUT2D eigenvalue weighted by molar-refractivity contribution is -0.143. The number of carboxylic acids is 4. The van der Waals surface area contributed by atoms with Crippen LogP contribution in [0.5, 0.6) is 0 Å². The molecule has 4 atom stereocenters. The predicted octanol–water partition coefficient (Wildman–Crippen LogP) is 0.966. The number of hydrogen-bond donors (Lipinski definition) is 8. The molecule has 0 saturated carbocycles. The number of carboxylic acid groups (broad SMARTS) is 4. The van der Waals surface area contributed by atoms with Gasteiger partial charge < -0.3 is 41.0 Å². The second-order valence-corrected chi connectivity index (χ2v) is 12.9. The van der Waals surface area contributed by atoms with Gasteiger partial charge in [-0.25, -0.2) is 4.79 Å². The summed E-state index contributed by atoms with van der Waals surface area (Å²) in [5, 5.41) is 45.6. The van der Waals surface area contributed by atoms with Crippen LogP contribution in [-0.2, 0) is 35.2 Å². The van der Waals surface area contributed by atoms with Crippen molar-refractivity contribution in [3.63, 3.8) is 0 Å². The number of aromatic amines is 2. The van der Waals surface area contributed by atoms with E-state index in [0.717, 1.165) is 6.08 Å². The molecule has 2 unspecified atom stereocenters. The van der Waals surface area contributed by atoms with Crippen molar-refractivity contribution in [1.29, 1.82) is 0 Å². The van der Waals surface area contributed by atoms with Crippen molar-refractivity contribution >= 4 is 59.7 Å². The van der Waals surface area contributed by atoms with Crippen molar-refractivity contribution in [3.8, 4) is 0 Å². The van der Waals surface area contributed by atoms with Gasteiger partial charge in [-0.3, -0.25) is 24.0 Å². The molecule has 8 bridgehead atoms. The van der Waals surface area contributed by atoms with Crippen LogP contribution in [0.25, 0.3) is 24.3 Å². The monoisotopic (exact) mass is 660 g/mol. The van der Waals surface area contributed by atoms with Crippen LogP contribution in [-0.4, -0.2) is 77.9 Å². The maximum absolute atomic E-state index is 14.0. The lowest BCUT2D eigenvalue weighted by Crippen LogP contribution is -2.39. The van der Waals surface area contributed by atoms with E-state index in [1.165, 1.54) is 32.1 Å². The summed E-state index contributed by atoms with van der Waals surface area (Å²) in [5.41, 5.74) is 0.392. The minimum absolute atomic E-state index is 0.0200. The van der Waals surface area contributed by atoms with Gasteiger partial charge in [0.05, 0.1) is 47.1 Å². The van der Waals surface area contributed by atoms with E-state index >= 15 is 0 Å². The second kappa shape index (κ2) is 12.2. The Bertz CT molecular complexity index is 2010. The molecular formula is C34H36N4O10. The third-order valence-corrected chi connectivity index (χ3v) is 9.60. The fourth-order valence-corrected chi connectivity index (χ4v) is 6.80. The molecule has 48 heavy (non-hydrogen) atoms. The Morgan fingerprint density at radius 3 is 1.92 bits per heavy atom. The van der Waals surface area contributed by atoms with Gasteiger partial charge in [0.25, 0.3) is 0 Å². The molecule has 2 fully saturated rings. The summed E-state index contributed by atoms with van der Waals surface area (Å²) in [6, 6.07) is -1.86. The zero-order valence-corrected chi connectivity index (χ0v) is 26.7. The van der Waals surface area contributed by atoms with Crippen LogP contribution in [0.4, 0.5) is 0 Å². The molecule has 0 spiro atoms. The molecule has 0 aliphatic carbocycles. The number of hydrogen-bond acceptors (Lipinski definition) is 8. The number of allylic oxidation sites excluding steroid dienone is 2. The molecule has 2 aromatic heterocycles. The Morgan fingerprint density at radius 2 is 1.33 bits per heavy atom. The van der Waals surface area contributed by atoms with E-state index in [9.17, 15) is 49.2 Å². The minimum atomic E-state index is -1.52. The Labute approximate surface area is 273 Å². The number of nitrogens with one attached hydrogen (secondary N) is 4. The molecule has 0 amide bonds. The first-order valence-electron chi connectivity index (χ1n) is 15.2. The van der Waals surface area contributed by atoms with Crippen LogP contribution in [0.15, 0.2) is 23.5 Å². The Hall–Kier alpha value is -5.66. The van der Waals surface area contributed by atoms with Crippen molar-refractivity contribution in [3.05, 3.63) is 67.9 Å². The molecule has 14 heteroatoms. The minimum Gasteiger partial charge on any atom is -0.481 e. The number of H-pyrrole nitrogens is 2. The second-order valence-electron chi connectivity index (χ2n) is 12.9. The lowest BCUT2D eigenvalue weighted by Gasteiger charge is -2.25. The number of Topliss-reactive ketones (excluding diaryl/α,β-unsaturated/α-hetero) is 2. The van der Waals surface area contributed by atoms with E-state index in [1.807, 2.05) is 0 Å². The summed E-state index contributed by atoms with van der Waals surface area (Å²) in [4.78, 5) is 81.4. The van der Waals surface area contributed by atoms with Crippen LogP contribution in [0.2, 0.25) is 0 Å². The lowest BCUT2D eigenvalue weighted by atomic mass is 9.76. The molecule has 14 nitrogen and oxygen atoms in total. The fraction of sp³-hybridized carbons (Fsp3) is 0.353. The molecule has 2 saturated heterocycles. The van der Waals surface area contributed by atoms with E-state index in [4.69, 9.17) is 0 Å². The molecule has 2 aromatic rings. The van der Waals surface area contributed by atoms with Gasteiger partial charge in [0.15, 0.2) is 11.6 Å². The average Bonchev–Trinajstić information content (AvgIpc) is 3.58. The first-order valence-corrected chi connectivity index (χ1v) is 15.2. The Morgan fingerprint density at radius 1 is 0.750 bits per heavy atom. The van der Waals surface area contributed by atoms with Crippen LogP contribution < -0.4 is 21.3 Å². The maximum atomic E-state index is 14.0. The van der Waals surface area contributed by atoms with Gasteiger partial charge in [0.2, 0.25) is 0 Å². The molecule has 3 aliphatic heterocycles. The number of ketones is 2. The molecule has 0 aromatic carbocycles. The largest absolute Gasteiger partial charge is 0.481 e. The zero-order valence-electron chi connectivity index (χ0n) is 26.7. The van der Waals surface area contributed by atoms with E-state index in [-0.39, 0.29) is 24.2 Å². The number of fused-ring (bicyclic) bond motifs is 8. The molecule has 8 N–H and O–H groups in total. The van der Waals surface area contributed by atoms with Crippen molar-refractivity contribution in [1.82, 2.24) is 20.6 Å². The first-order chi connectivity index (χ1) is 22.4. The van der Waals surface area contributed by atoms with Crippen LogP contribution in [0, 0.1) is 24.7 Å². The zero-order chi connectivity index (χ0) is 35.3. The van der Waals surface area contributed by atoms with Gasteiger partial charge >= 0.3 is 23.9 Å².